The first-order valence-electron chi connectivity index (χ1n) is 6.06. The zero-order valence-corrected chi connectivity index (χ0v) is 12.7. The second kappa shape index (κ2) is 4.80. The topological polar surface area (TPSA) is 109 Å². The molecule has 2 atom stereocenters. The summed E-state index contributed by atoms with van der Waals surface area (Å²) in [5.41, 5.74) is 1.17. The van der Waals surface area contributed by atoms with Gasteiger partial charge in [0, 0.05) is 0 Å². The van der Waals surface area contributed by atoms with Gasteiger partial charge in [0.05, 0.1) is 4.91 Å². The Morgan fingerprint density at radius 2 is 1.75 bits per heavy atom. The number of hydrogen-bond acceptors (Lipinski definition) is 4. The summed E-state index contributed by atoms with van der Waals surface area (Å²) >= 11 is 0. The van der Waals surface area contributed by atoms with Crippen molar-refractivity contribution in [2.24, 2.45) is 5.92 Å². The number of rotatable bonds is 2. The largest absolute Gasteiger partial charge is 0.294 e. The van der Waals surface area contributed by atoms with Crippen molar-refractivity contribution in [3.05, 3.63) is 33.8 Å². The van der Waals surface area contributed by atoms with Crippen molar-refractivity contribution in [1.82, 2.24) is 0 Å². The first-order chi connectivity index (χ1) is 9.00. The molecule has 0 heterocycles. The van der Waals surface area contributed by atoms with Gasteiger partial charge in [-0.15, -0.1) is 0 Å². The van der Waals surface area contributed by atoms with Crippen LogP contribution in [0.3, 0.4) is 0 Å². The maximum atomic E-state index is 11.5. The lowest BCUT2D eigenvalue weighted by Gasteiger charge is -2.30. The molecule has 0 fully saturated rings. The predicted octanol–water partition coefficient (Wildman–Crippen LogP) is 1.70. The Kier molecular flexibility index (Phi) is 3.70. The summed E-state index contributed by atoms with van der Waals surface area (Å²) in [7, 11) is -8.76. The Bertz CT molecular complexity index is 737. The Morgan fingerprint density at radius 3 is 2.25 bits per heavy atom. The molecular weight excluding hydrogens is 304 g/mol. The monoisotopic (exact) mass is 320 g/mol. The van der Waals surface area contributed by atoms with Crippen LogP contribution in [-0.4, -0.2) is 31.2 Å². The standard InChI is InChI=1S/C12H16O6S2/c1-7-3-9-10(11(5-7)19(13,14)15)4-8(2)6-12(9)20(16,17)18/h3,6,8,11H,4-5H2,1-2H3,(H,13,14,15)(H,16,17,18). The lowest BCUT2D eigenvalue weighted by atomic mass is 9.83. The minimum atomic E-state index is -4.44. The van der Waals surface area contributed by atoms with Gasteiger partial charge in [-0.3, -0.25) is 9.11 Å². The second-order valence-electron chi connectivity index (χ2n) is 5.32. The first-order valence-corrected chi connectivity index (χ1v) is 9.00. The molecule has 2 unspecified atom stereocenters. The fraction of sp³-hybridized carbons (Fsp3) is 0.500. The SMILES string of the molecule is CC1=CC2=C(CC(C)C=C2S(=O)(=O)O)C(S(=O)(=O)O)C1. The van der Waals surface area contributed by atoms with Crippen LogP contribution >= 0.6 is 0 Å². The molecule has 0 aromatic carbocycles. The van der Waals surface area contributed by atoms with Crippen molar-refractivity contribution in [3.8, 4) is 0 Å². The van der Waals surface area contributed by atoms with Gasteiger partial charge in [-0.05, 0) is 36.8 Å². The van der Waals surface area contributed by atoms with E-state index in [1.165, 1.54) is 6.08 Å². The van der Waals surface area contributed by atoms with E-state index >= 15 is 0 Å². The molecule has 6 nitrogen and oxygen atoms in total. The molecule has 2 rings (SSSR count). The van der Waals surface area contributed by atoms with E-state index in [1.54, 1.807) is 19.9 Å². The summed E-state index contributed by atoms with van der Waals surface area (Å²) in [5.74, 6) is -0.235. The fourth-order valence-electron chi connectivity index (χ4n) is 2.72. The van der Waals surface area contributed by atoms with Gasteiger partial charge in [0.15, 0.2) is 0 Å². The van der Waals surface area contributed by atoms with E-state index in [1.807, 2.05) is 0 Å². The van der Waals surface area contributed by atoms with Crippen molar-refractivity contribution >= 4 is 20.2 Å². The van der Waals surface area contributed by atoms with E-state index in [9.17, 15) is 25.9 Å². The smallest absolute Gasteiger partial charge is 0.285 e. The van der Waals surface area contributed by atoms with Gasteiger partial charge in [0.25, 0.3) is 20.2 Å². The molecule has 0 aliphatic heterocycles. The van der Waals surface area contributed by atoms with Crippen LogP contribution in [0.5, 0.6) is 0 Å². The lowest BCUT2D eigenvalue weighted by Crippen LogP contribution is -2.30. The van der Waals surface area contributed by atoms with E-state index in [0.717, 1.165) is 0 Å². The molecule has 0 saturated carbocycles. The average molecular weight is 320 g/mol. The Morgan fingerprint density at radius 1 is 1.15 bits per heavy atom. The molecule has 0 aromatic heterocycles. The maximum Gasteiger partial charge on any atom is 0.294 e. The molecule has 0 spiro atoms. The second-order valence-corrected chi connectivity index (χ2v) is 8.31. The van der Waals surface area contributed by atoms with Gasteiger partial charge < -0.3 is 0 Å². The first kappa shape index (κ1) is 15.4. The lowest BCUT2D eigenvalue weighted by molar-refractivity contribution is 0.466. The zero-order valence-electron chi connectivity index (χ0n) is 11.1. The van der Waals surface area contributed by atoms with Gasteiger partial charge in [0.1, 0.15) is 5.25 Å². The van der Waals surface area contributed by atoms with Crippen LogP contribution in [0.25, 0.3) is 0 Å². The Labute approximate surface area is 118 Å². The van der Waals surface area contributed by atoms with Crippen molar-refractivity contribution in [2.75, 3.05) is 0 Å². The van der Waals surface area contributed by atoms with Crippen LogP contribution in [0.15, 0.2) is 33.8 Å². The minimum absolute atomic E-state index is 0.128. The molecule has 2 aliphatic rings. The average Bonchev–Trinajstić information content (AvgIpc) is 2.25. The van der Waals surface area contributed by atoms with E-state index in [4.69, 9.17) is 0 Å². The summed E-state index contributed by atoms with van der Waals surface area (Å²) in [6, 6.07) is 0. The van der Waals surface area contributed by atoms with Crippen molar-refractivity contribution < 1.29 is 25.9 Å². The van der Waals surface area contributed by atoms with Crippen LogP contribution in [0.2, 0.25) is 0 Å². The highest BCUT2D eigenvalue weighted by Crippen LogP contribution is 2.40. The molecular formula is C12H16O6S2. The fourth-order valence-corrected chi connectivity index (χ4v) is 4.65. The van der Waals surface area contributed by atoms with Crippen molar-refractivity contribution in [1.29, 1.82) is 0 Å². The maximum absolute atomic E-state index is 11.5. The Hall–Kier alpha value is -0.960. The molecule has 2 aliphatic carbocycles. The van der Waals surface area contributed by atoms with Crippen LogP contribution in [0.4, 0.5) is 0 Å². The van der Waals surface area contributed by atoms with E-state index in [-0.39, 0.29) is 22.8 Å². The van der Waals surface area contributed by atoms with E-state index in [2.05, 4.69) is 0 Å². The van der Waals surface area contributed by atoms with E-state index < -0.39 is 25.5 Å². The third kappa shape index (κ3) is 2.88. The highest BCUT2D eigenvalue weighted by molar-refractivity contribution is 7.90. The third-order valence-electron chi connectivity index (χ3n) is 3.51. The quantitative estimate of drug-likeness (QED) is 0.750. The zero-order chi connectivity index (χ0) is 15.3. The molecule has 112 valence electrons. The molecule has 20 heavy (non-hydrogen) atoms. The highest BCUT2D eigenvalue weighted by Gasteiger charge is 2.37. The van der Waals surface area contributed by atoms with Gasteiger partial charge in [-0.2, -0.15) is 16.8 Å². The number of hydrogen-bond donors (Lipinski definition) is 2. The Balaban J connectivity index is 2.70. The van der Waals surface area contributed by atoms with Crippen LogP contribution in [0, 0.1) is 5.92 Å². The van der Waals surface area contributed by atoms with Gasteiger partial charge >= 0.3 is 0 Å². The van der Waals surface area contributed by atoms with Crippen LogP contribution in [0.1, 0.15) is 26.7 Å². The summed E-state index contributed by atoms with van der Waals surface area (Å²) in [5, 5.41) is -1.14. The minimum Gasteiger partial charge on any atom is -0.285 e. The van der Waals surface area contributed by atoms with Crippen LogP contribution < -0.4 is 0 Å². The molecule has 0 aromatic rings. The van der Waals surface area contributed by atoms with Crippen LogP contribution in [-0.2, 0) is 20.2 Å². The molecule has 2 N–H and O–H groups in total. The summed E-state index contributed by atoms with van der Waals surface area (Å²) in [4.78, 5) is -0.279. The van der Waals surface area contributed by atoms with Crippen molar-refractivity contribution in [3.63, 3.8) is 0 Å². The summed E-state index contributed by atoms with van der Waals surface area (Å²) < 4.78 is 64.6. The van der Waals surface area contributed by atoms with Crippen molar-refractivity contribution in [2.45, 2.75) is 31.9 Å². The molecule has 0 bridgehead atoms. The van der Waals surface area contributed by atoms with Gasteiger partial charge in [-0.1, -0.05) is 24.6 Å². The van der Waals surface area contributed by atoms with Gasteiger partial charge in [0.2, 0.25) is 0 Å². The normalized spacial score (nSPS) is 27.8. The third-order valence-corrected chi connectivity index (χ3v) is 5.60. The summed E-state index contributed by atoms with van der Waals surface area (Å²) in [6.07, 6.45) is 3.43. The predicted molar refractivity (Wildman–Crippen MR) is 74.1 cm³/mol. The summed E-state index contributed by atoms with van der Waals surface area (Å²) in [6.45, 7) is 3.38. The molecule has 8 heteroatoms. The molecule has 0 radical (unpaired) electrons. The molecule has 0 amide bonds. The highest BCUT2D eigenvalue weighted by atomic mass is 32.2. The van der Waals surface area contributed by atoms with Gasteiger partial charge in [-0.25, -0.2) is 0 Å². The number of allylic oxidation sites excluding steroid dienone is 4. The molecule has 0 saturated heterocycles. The van der Waals surface area contributed by atoms with E-state index in [0.29, 0.717) is 17.6 Å².